The van der Waals surface area contributed by atoms with Crippen LogP contribution in [-0.4, -0.2) is 47.8 Å². The summed E-state index contributed by atoms with van der Waals surface area (Å²) in [6.07, 6.45) is 3.00. The molecule has 0 aliphatic heterocycles. The molecule has 0 aliphatic carbocycles. The molecule has 0 spiro atoms. The highest BCUT2D eigenvalue weighted by molar-refractivity contribution is 7.12. The van der Waals surface area contributed by atoms with Gasteiger partial charge in [-0.25, -0.2) is 0 Å². The van der Waals surface area contributed by atoms with Crippen LogP contribution in [0.1, 0.15) is 40.9 Å². The van der Waals surface area contributed by atoms with Gasteiger partial charge in [-0.05, 0) is 30.7 Å². The van der Waals surface area contributed by atoms with E-state index in [4.69, 9.17) is 10.2 Å². The zero-order valence-electron chi connectivity index (χ0n) is 11.8. The highest BCUT2D eigenvalue weighted by Gasteiger charge is 2.16. The molecule has 0 bridgehead atoms. The SMILES string of the molecule is CN(CCCCCO)C(=O)c1sccc1C#CCCO. The number of nitrogens with zero attached hydrogens (tertiary/aromatic N) is 1. The minimum absolute atomic E-state index is 0.0164. The van der Waals surface area contributed by atoms with Crippen molar-refractivity contribution in [3.63, 3.8) is 0 Å². The van der Waals surface area contributed by atoms with Crippen molar-refractivity contribution in [3.05, 3.63) is 21.9 Å². The second-order valence-electron chi connectivity index (χ2n) is 4.45. The Balaban J connectivity index is 2.59. The van der Waals surface area contributed by atoms with Gasteiger partial charge < -0.3 is 15.1 Å². The van der Waals surface area contributed by atoms with Crippen LogP contribution in [0.3, 0.4) is 0 Å². The first-order valence-electron chi connectivity index (χ1n) is 6.74. The minimum Gasteiger partial charge on any atom is -0.396 e. The van der Waals surface area contributed by atoms with Gasteiger partial charge in [0, 0.05) is 32.2 Å². The number of rotatable bonds is 7. The molecule has 1 amide bonds. The zero-order valence-corrected chi connectivity index (χ0v) is 12.6. The predicted octanol–water partition coefficient (Wildman–Crippen LogP) is 1.72. The highest BCUT2D eigenvalue weighted by Crippen LogP contribution is 2.18. The van der Waals surface area contributed by atoms with Crippen molar-refractivity contribution in [2.75, 3.05) is 26.8 Å². The summed E-state index contributed by atoms with van der Waals surface area (Å²) < 4.78 is 0. The zero-order chi connectivity index (χ0) is 14.8. The average molecular weight is 295 g/mol. The maximum atomic E-state index is 12.3. The lowest BCUT2D eigenvalue weighted by Crippen LogP contribution is -2.27. The van der Waals surface area contributed by atoms with E-state index >= 15 is 0 Å². The maximum absolute atomic E-state index is 12.3. The van der Waals surface area contributed by atoms with Crippen molar-refractivity contribution in [1.29, 1.82) is 0 Å². The van der Waals surface area contributed by atoms with Crippen LogP contribution in [0.5, 0.6) is 0 Å². The molecular weight excluding hydrogens is 274 g/mol. The van der Waals surface area contributed by atoms with Crippen LogP contribution in [-0.2, 0) is 0 Å². The van der Waals surface area contributed by atoms with E-state index in [1.54, 1.807) is 11.9 Å². The normalized spacial score (nSPS) is 9.95. The largest absolute Gasteiger partial charge is 0.396 e. The molecule has 0 atom stereocenters. The molecule has 20 heavy (non-hydrogen) atoms. The van der Waals surface area contributed by atoms with Gasteiger partial charge in [0.25, 0.3) is 5.91 Å². The Hall–Kier alpha value is -1.35. The van der Waals surface area contributed by atoms with Gasteiger partial charge in [-0.2, -0.15) is 0 Å². The Bertz CT molecular complexity index is 473. The van der Waals surface area contributed by atoms with Crippen LogP contribution < -0.4 is 0 Å². The predicted molar refractivity (Wildman–Crippen MR) is 80.8 cm³/mol. The lowest BCUT2D eigenvalue weighted by molar-refractivity contribution is 0.0796. The van der Waals surface area contributed by atoms with Gasteiger partial charge in [0.15, 0.2) is 0 Å². The standard InChI is InChI=1S/C15H21NO3S/c1-16(9-4-2-5-10-17)15(19)14-13(8-12-20-14)7-3-6-11-18/h8,12,17-18H,2,4-6,9-11H2,1H3. The number of unbranched alkanes of at least 4 members (excludes halogenated alkanes) is 2. The van der Waals surface area contributed by atoms with Gasteiger partial charge in [0.05, 0.1) is 6.61 Å². The van der Waals surface area contributed by atoms with Crippen LogP contribution >= 0.6 is 11.3 Å². The Morgan fingerprint density at radius 3 is 2.80 bits per heavy atom. The van der Waals surface area contributed by atoms with Gasteiger partial charge in [0.1, 0.15) is 4.88 Å². The Morgan fingerprint density at radius 2 is 2.10 bits per heavy atom. The van der Waals surface area contributed by atoms with Gasteiger partial charge in [-0.1, -0.05) is 11.8 Å². The number of carbonyl (C=O) groups is 1. The molecule has 1 aromatic rings. The van der Waals surface area contributed by atoms with E-state index in [2.05, 4.69) is 11.8 Å². The Kier molecular flexibility index (Phi) is 7.97. The molecule has 0 aliphatic rings. The number of hydrogen-bond acceptors (Lipinski definition) is 4. The Labute approximate surface area is 124 Å². The van der Waals surface area contributed by atoms with Gasteiger partial charge in [-0.3, -0.25) is 4.79 Å². The molecule has 0 radical (unpaired) electrons. The smallest absolute Gasteiger partial charge is 0.264 e. The number of amides is 1. The molecule has 5 heteroatoms. The lowest BCUT2D eigenvalue weighted by atomic mass is 10.2. The highest BCUT2D eigenvalue weighted by atomic mass is 32.1. The molecule has 4 nitrogen and oxygen atoms in total. The molecule has 1 rings (SSSR count). The first kappa shape index (κ1) is 16.7. The number of hydrogen-bond donors (Lipinski definition) is 2. The second-order valence-corrected chi connectivity index (χ2v) is 5.37. The van der Waals surface area contributed by atoms with Crippen LogP contribution in [0.25, 0.3) is 0 Å². The van der Waals surface area contributed by atoms with Gasteiger partial charge in [0.2, 0.25) is 0 Å². The van der Waals surface area contributed by atoms with E-state index < -0.39 is 0 Å². The van der Waals surface area contributed by atoms with Crippen LogP contribution in [0.4, 0.5) is 0 Å². The summed E-state index contributed by atoms with van der Waals surface area (Å²) in [4.78, 5) is 14.6. The van der Waals surface area contributed by atoms with Crippen molar-refractivity contribution < 1.29 is 15.0 Å². The van der Waals surface area contributed by atoms with Crippen molar-refractivity contribution in [1.82, 2.24) is 4.90 Å². The molecule has 0 saturated carbocycles. The topological polar surface area (TPSA) is 60.8 Å². The fourth-order valence-corrected chi connectivity index (χ4v) is 2.54. The Morgan fingerprint density at radius 1 is 1.30 bits per heavy atom. The summed E-state index contributed by atoms with van der Waals surface area (Å²) >= 11 is 1.39. The fourth-order valence-electron chi connectivity index (χ4n) is 1.70. The summed E-state index contributed by atoms with van der Waals surface area (Å²) in [6, 6.07) is 1.84. The van der Waals surface area contributed by atoms with E-state index in [0.717, 1.165) is 24.8 Å². The third kappa shape index (κ3) is 5.33. The number of aliphatic hydroxyl groups is 2. The molecule has 110 valence electrons. The van der Waals surface area contributed by atoms with Crippen LogP contribution in [0, 0.1) is 11.8 Å². The third-order valence-electron chi connectivity index (χ3n) is 2.82. The van der Waals surface area contributed by atoms with Crippen molar-refractivity contribution in [3.8, 4) is 11.8 Å². The van der Waals surface area contributed by atoms with E-state index in [9.17, 15) is 4.79 Å². The lowest BCUT2D eigenvalue weighted by Gasteiger charge is -2.16. The van der Waals surface area contributed by atoms with Crippen molar-refractivity contribution in [2.45, 2.75) is 25.7 Å². The first-order chi connectivity index (χ1) is 9.70. The second kappa shape index (κ2) is 9.54. The molecule has 2 N–H and O–H groups in total. The quantitative estimate of drug-likeness (QED) is 0.595. The maximum Gasteiger partial charge on any atom is 0.264 e. The molecule has 0 saturated heterocycles. The molecule has 0 fully saturated rings. The summed E-state index contributed by atoms with van der Waals surface area (Å²) in [7, 11) is 1.78. The number of aliphatic hydroxyl groups excluding tert-OH is 2. The molecule has 0 unspecified atom stereocenters. The average Bonchev–Trinajstić information content (AvgIpc) is 2.91. The summed E-state index contributed by atoms with van der Waals surface area (Å²) in [5, 5.41) is 19.3. The van der Waals surface area contributed by atoms with Crippen LogP contribution in [0.2, 0.25) is 0 Å². The molecule has 0 aromatic carbocycles. The third-order valence-corrected chi connectivity index (χ3v) is 3.72. The number of thiophene rings is 1. The van der Waals surface area contributed by atoms with E-state index in [-0.39, 0.29) is 19.1 Å². The summed E-state index contributed by atoms with van der Waals surface area (Å²) in [5.74, 6) is 5.75. The number of carbonyl (C=O) groups excluding carboxylic acids is 1. The monoisotopic (exact) mass is 295 g/mol. The van der Waals surface area contributed by atoms with Crippen LogP contribution in [0.15, 0.2) is 11.4 Å². The van der Waals surface area contributed by atoms with E-state index in [1.165, 1.54) is 11.3 Å². The fraction of sp³-hybridized carbons (Fsp3) is 0.533. The van der Waals surface area contributed by atoms with Crippen molar-refractivity contribution in [2.24, 2.45) is 0 Å². The minimum atomic E-state index is -0.0164. The first-order valence-corrected chi connectivity index (χ1v) is 7.62. The van der Waals surface area contributed by atoms with Gasteiger partial charge in [-0.15, -0.1) is 11.3 Å². The summed E-state index contributed by atoms with van der Waals surface area (Å²) in [6.45, 7) is 0.915. The van der Waals surface area contributed by atoms with E-state index in [0.29, 0.717) is 17.8 Å². The van der Waals surface area contributed by atoms with E-state index in [1.807, 2.05) is 11.4 Å². The molecule has 1 aromatic heterocycles. The van der Waals surface area contributed by atoms with Crippen molar-refractivity contribution >= 4 is 17.2 Å². The molecule has 1 heterocycles. The van der Waals surface area contributed by atoms with Gasteiger partial charge >= 0.3 is 0 Å². The summed E-state index contributed by atoms with van der Waals surface area (Å²) in [5.41, 5.74) is 0.732. The molecular formula is C15H21NO3S.